The van der Waals surface area contributed by atoms with Crippen LogP contribution in [0.15, 0.2) is 0 Å². The lowest BCUT2D eigenvalue weighted by molar-refractivity contribution is 0.0836. The van der Waals surface area contributed by atoms with Gasteiger partial charge in [-0.15, -0.1) is 0 Å². The van der Waals surface area contributed by atoms with E-state index in [0.29, 0.717) is 10.8 Å². The molecule has 18 heavy (non-hydrogen) atoms. The van der Waals surface area contributed by atoms with Gasteiger partial charge < -0.3 is 4.90 Å². The minimum Gasteiger partial charge on any atom is -0.303 e. The molecule has 106 valence electrons. The number of rotatable bonds is 3. The quantitative estimate of drug-likeness (QED) is 0.588. The Morgan fingerprint density at radius 1 is 0.889 bits per heavy atom. The van der Waals surface area contributed by atoms with Gasteiger partial charge >= 0.3 is 0 Å². The summed E-state index contributed by atoms with van der Waals surface area (Å²) in [5, 5.41) is 0. The van der Waals surface area contributed by atoms with E-state index in [0.717, 1.165) is 5.75 Å². The first-order valence-electron chi connectivity index (χ1n) is 7.89. The van der Waals surface area contributed by atoms with E-state index in [-0.39, 0.29) is 0 Å². The van der Waals surface area contributed by atoms with Crippen LogP contribution < -0.4 is 0 Å². The monoisotopic (exact) mass is 269 g/mol. The summed E-state index contributed by atoms with van der Waals surface area (Å²) in [6, 6.07) is 0. The van der Waals surface area contributed by atoms with Gasteiger partial charge in [0.1, 0.15) is 0 Å². The van der Waals surface area contributed by atoms with E-state index in [9.17, 15) is 0 Å². The molecule has 2 rings (SSSR count). The molecule has 0 amide bonds. The maximum absolute atomic E-state index is 4.70. The molecule has 2 aliphatic rings. The van der Waals surface area contributed by atoms with Crippen LogP contribution in [0.1, 0.15) is 65.2 Å². The van der Waals surface area contributed by atoms with Crippen LogP contribution in [0.3, 0.4) is 0 Å². The van der Waals surface area contributed by atoms with Crippen molar-refractivity contribution in [2.75, 3.05) is 25.4 Å². The first-order chi connectivity index (χ1) is 8.55. The van der Waals surface area contributed by atoms with Crippen molar-refractivity contribution in [1.29, 1.82) is 0 Å². The second-order valence-electron chi connectivity index (χ2n) is 7.51. The fraction of sp³-hybridized carbons (Fsp3) is 1.00. The standard InChI is InChI=1S/C16H31NS/c1-15(2)9-11-17(12-10-15)13-16(14-18)7-5-3-4-6-8-16/h18H,3-14H2,1-2H3. The van der Waals surface area contributed by atoms with Crippen molar-refractivity contribution < 1.29 is 0 Å². The lowest BCUT2D eigenvalue weighted by Crippen LogP contribution is -2.44. The normalized spacial score (nSPS) is 28.8. The summed E-state index contributed by atoms with van der Waals surface area (Å²) in [4.78, 5) is 2.73. The van der Waals surface area contributed by atoms with Crippen molar-refractivity contribution in [3.05, 3.63) is 0 Å². The van der Waals surface area contributed by atoms with Gasteiger partial charge in [0.05, 0.1) is 0 Å². The van der Waals surface area contributed by atoms with Crippen LogP contribution in [-0.4, -0.2) is 30.3 Å². The molecule has 1 aliphatic carbocycles. The van der Waals surface area contributed by atoms with E-state index in [1.807, 2.05) is 0 Å². The minimum absolute atomic E-state index is 0.529. The Bertz CT molecular complexity index is 244. The number of nitrogens with zero attached hydrogens (tertiary/aromatic N) is 1. The average Bonchev–Trinajstić information content (AvgIpc) is 2.58. The molecule has 1 nitrogen and oxygen atoms in total. The molecule has 2 heteroatoms. The molecule has 2 fully saturated rings. The Balaban J connectivity index is 1.90. The molecule has 0 radical (unpaired) electrons. The molecule has 1 saturated carbocycles. The van der Waals surface area contributed by atoms with E-state index in [1.54, 1.807) is 0 Å². The highest BCUT2D eigenvalue weighted by Gasteiger charge is 2.34. The van der Waals surface area contributed by atoms with E-state index in [4.69, 9.17) is 12.6 Å². The van der Waals surface area contributed by atoms with Crippen molar-refractivity contribution in [1.82, 2.24) is 4.90 Å². The zero-order valence-corrected chi connectivity index (χ0v) is 13.3. The summed E-state index contributed by atoms with van der Waals surface area (Å²) in [5.41, 5.74) is 1.11. The lowest BCUT2D eigenvalue weighted by Gasteiger charge is -2.42. The fourth-order valence-corrected chi connectivity index (χ4v) is 4.05. The van der Waals surface area contributed by atoms with E-state index >= 15 is 0 Å². The van der Waals surface area contributed by atoms with Gasteiger partial charge in [-0.2, -0.15) is 12.6 Å². The van der Waals surface area contributed by atoms with Gasteiger partial charge in [-0.25, -0.2) is 0 Å². The van der Waals surface area contributed by atoms with E-state index < -0.39 is 0 Å². The Kier molecular flexibility index (Phi) is 5.05. The third-order valence-electron chi connectivity index (χ3n) is 5.27. The summed E-state index contributed by atoms with van der Waals surface area (Å²) >= 11 is 4.70. The topological polar surface area (TPSA) is 3.24 Å². The number of hydrogen-bond donors (Lipinski definition) is 1. The Morgan fingerprint density at radius 3 is 1.94 bits per heavy atom. The van der Waals surface area contributed by atoms with Gasteiger partial charge in [0.2, 0.25) is 0 Å². The van der Waals surface area contributed by atoms with Crippen LogP contribution in [0, 0.1) is 10.8 Å². The molecular weight excluding hydrogens is 238 g/mol. The van der Waals surface area contributed by atoms with Crippen molar-refractivity contribution in [2.24, 2.45) is 10.8 Å². The fourth-order valence-electron chi connectivity index (χ4n) is 3.64. The van der Waals surface area contributed by atoms with Gasteiger partial charge in [-0.1, -0.05) is 39.5 Å². The molecule has 1 heterocycles. The van der Waals surface area contributed by atoms with Gasteiger partial charge in [0.25, 0.3) is 0 Å². The zero-order valence-electron chi connectivity index (χ0n) is 12.4. The van der Waals surface area contributed by atoms with E-state index in [1.165, 1.54) is 71.0 Å². The van der Waals surface area contributed by atoms with Crippen LogP contribution >= 0.6 is 12.6 Å². The van der Waals surface area contributed by atoms with Crippen molar-refractivity contribution >= 4 is 12.6 Å². The summed E-state index contributed by atoms with van der Waals surface area (Å²) in [5.74, 6) is 1.09. The number of likely N-dealkylation sites (tertiary alicyclic amines) is 1. The highest BCUT2D eigenvalue weighted by atomic mass is 32.1. The van der Waals surface area contributed by atoms with Gasteiger partial charge in [-0.05, 0) is 55.4 Å². The van der Waals surface area contributed by atoms with E-state index in [2.05, 4.69) is 18.7 Å². The molecule has 0 aromatic heterocycles. The highest BCUT2D eigenvalue weighted by Crippen LogP contribution is 2.38. The molecule has 0 aromatic carbocycles. The number of piperidine rings is 1. The number of thiol groups is 1. The summed E-state index contributed by atoms with van der Waals surface area (Å²) in [7, 11) is 0. The van der Waals surface area contributed by atoms with Crippen molar-refractivity contribution in [3.8, 4) is 0 Å². The van der Waals surface area contributed by atoms with Crippen LogP contribution in [0.4, 0.5) is 0 Å². The predicted molar refractivity (Wildman–Crippen MR) is 83.4 cm³/mol. The molecule has 0 unspecified atom stereocenters. The summed E-state index contributed by atoms with van der Waals surface area (Å²) in [6.45, 7) is 8.77. The third kappa shape index (κ3) is 3.90. The molecule has 1 aliphatic heterocycles. The molecule has 0 N–H and O–H groups in total. The second-order valence-corrected chi connectivity index (χ2v) is 7.83. The molecule has 1 saturated heterocycles. The minimum atomic E-state index is 0.529. The predicted octanol–water partition coefficient (Wildman–Crippen LogP) is 4.38. The van der Waals surface area contributed by atoms with Crippen LogP contribution in [0.2, 0.25) is 0 Å². The van der Waals surface area contributed by atoms with Gasteiger partial charge in [-0.3, -0.25) is 0 Å². The van der Waals surface area contributed by atoms with Gasteiger partial charge in [0.15, 0.2) is 0 Å². The first-order valence-corrected chi connectivity index (χ1v) is 8.52. The summed E-state index contributed by atoms with van der Waals surface area (Å²) in [6.07, 6.45) is 11.3. The SMILES string of the molecule is CC1(C)CCN(CC2(CS)CCCCCC2)CC1. The largest absolute Gasteiger partial charge is 0.303 e. The maximum Gasteiger partial charge on any atom is 0.00458 e. The number of hydrogen-bond acceptors (Lipinski definition) is 2. The second kappa shape index (κ2) is 6.17. The smallest absolute Gasteiger partial charge is 0.00458 e. The Morgan fingerprint density at radius 2 is 1.44 bits per heavy atom. The molecule has 0 bridgehead atoms. The van der Waals surface area contributed by atoms with Crippen LogP contribution in [-0.2, 0) is 0 Å². The van der Waals surface area contributed by atoms with Crippen molar-refractivity contribution in [2.45, 2.75) is 65.2 Å². The average molecular weight is 269 g/mol. The zero-order chi connectivity index (χ0) is 13.1. The molecular formula is C16H31NS. The van der Waals surface area contributed by atoms with Gasteiger partial charge in [0, 0.05) is 6.54 Å². The Hall–Kier alpha value is 0.310. The maximum atomic E-state index is 4.70. The molecule has 0 aromatic rings. The molecule has 0 atom stereocenters. The lowest BCUT2D eigenvalue weighted by atomic mass is 9.79. The third-order valence-corrected chi connectivity index (χ3v) is 5.94. The highest BCUT2D eigenvalue weighted by molar-refractivity contribution is 7.80. The Labute approximate surface area is 119 Å². The van der Waals surface area contributed by atoms with Crippen LogP contribution in [0.5, 0.6) is 0 Å². The first kappa shape index (κ1) is 14.7. The summed E-state index contributed by atoms with van der Waals surface area (Å²) < 4.78 is 0. The molecule has 0 spiro atoms. The van der Waals surface area contributed by atoms with Crippen molar-refractivity contribution in [3.63, 3.8) is 0 Å². The van der Waals surface area contributed by atoms with Crippen LogP contribution in [0.25, 0.3) is 0 Å².